The van der Waals surface area contributed by atoms with Crippen LogP contribution in [0.2, 0.25) is 0 Å². The molecule has 2 aliphatic heterocycles. The Morgan fingerprint density at radius 2 is 1.82 bits per heavy atom. The largest absolute Gasteiger partial charge is 0.306 e. The molecule has 0 amide bonds. The fraction of sp³-hybridized carbons (Fsp3) is 0.571. The molecule has 0 unspecified atom stereocenters. The molecule has 1 aromatic rings. The Balaban J connectivity index is 2.00. The number of hydrogen-bond acceptors (Lipinski definition) is 3. The number of rotatable bonds is 0. The van der Waals surface area contributed by atoms with Crippen molar-refractivity contribution in [2.45, 2.75) is 23.2 Å². The fourth-order valence-corrected chi connectivity index (χ4v) is 4.34. The first-order chi connectivity index (χ1) is 8.20. The smallest absolute Gasteiger partial charge is 0.0268 e. The second-order valence-electron chi connectivity index (χ2n) is 5.46. The molecule has 0 aliphatic carbocycles. The average molecular weight is 248 g/mol. The predicted molar refractivity (Wildman–Crippen MR) is 73.3 cm³/mol. The van der Waals surface area contributed by atoms with E-state index in [1.54, 1.807) is 5.56 Å². The second kappa shape index (κ2) is 4.30. The molecule has 2 aliphatic rings. The Kier molecular flexibility index (Phi) is 2.93. The van der Waals surface area contributed by atoms with Gasteiger partial charge in [-0.2, -0.15) is 0 Å². The Bertz CT molecular complexity index is 410. The van der Waals surface area contributed by atoms with Crippen LogP contribution in [0.4, 0.5) is 0 Å². The lowest BCUT2D eigenvalue weighted by molar-refractivity contribution is 0.165. The van der Waals surface area contributed by atoms with Gasteiger partial charge in [0, 0.05) is 16.9 Å². The lowest BCUT2D eigenvalue weighted by Gasteiger charge is -2.46. The molecule has 1 saturated heterocycles. The SMILES string of the molecule is CN1CCC2(CC1)CN(C)Sc1ccccc12. The van der Waals surface area contributed by atoms with E-state index in [2.05, 4.69) is 47.6 Å². The summed E-state index contributed by atoms with van der Waals surface area (Å²) in [6.45, 7) is 3.65. The summed E-state index contributed by atoms with van der Waals surface area (Å²) in [4.78, 5) is 3.92. The summed E-state index contributed by atoms with van der Waals surface area (Å²) in [5.74, 6) is 0. The van der Waals surface area contributed by atoms with Crippen LogP contribution in [-0.2, 0) is 5.41 Å². The standard InChI is InChI=1S/C14H20N2S/c1-15-9-7-14(8-10-15)11-16(2)17-13-6-4-3-5-12(13)14/h3-6H,7-11H2,1-2H3. The molecule has 2 nitrogen and oxygen atoms in total. The molecule has 0 radical (unpaired) electrons. The molecule has 0 N–H and O–H groups in total. The number of likely N-dealkylation sites (N-methyl/N-ethyl adjacent to an activating group) is 1. The van der Waals surface area contributed by atoms with Crippen molar-refractivity contribution in [3.63, 3.8) is 0 Å². The third-order valence-electron chi connectivity index (χ3n) is 4.18. The molecule has 17 heavy (non-hydrogen) atoms. The van der Waals surface area contributed by atoms with Crippen LogP contribution in [0, 0.1) is 0 Å². The monoisotopic (exact) mass is 248 g/mol. The topological polar surface area (TPSA) is 6.48 Å². The normalized spacial score (nSPS) is 24.8. The maximum atomic E-state index is 2.45. The van der Waals surface area contributed by atoms with Crippen LogP contribution < -0.4 is 0 Å². The van der Waals surface area contributed by atoms with E-state index in [-0.39, 0.29) is 0 Å². The summed E-state index contributed by atoms with van der Waals surface area (Å²) >= 11 is 1.90. The zero-order valence-corrected chi connectivity index (χ0v) is 11.5. The Morgan fingerprint density at radius 3 is 2.59 bits per heavy atom. The highest BCUT2D eigenvalue weighted by atomic mass is 32.2. The maximum Gasteiger partial charge on any atom is 0.0268 e. The molecule has 1 spiro atoms. The van der Waals surface area contributed by atoms with E-state index in [1.165, 1.54) is 37.4 Å². The summed E-state index contributed by atoms with van der Waals surface area (Å²) in [5.41, 5.74) is 2.00. The quantitative estimate of drug-likeness (QED) is 0.652. The number of fused-ring (bicyclic) bond motifs is 2. The van der Waals surface area contributed by atoms with Gasteiger partial charge in [-0.3, -0.25) is 0 Å². The van der Waals surface area contributed by atoms with Crippen LogP contribution in [0.5, 0.6) is 0 Å². The van der Waals surface area contributed by atoms with Crippen molar-refractivity contribution in [2.75, 3.05) is 33.7 Å². The van der Waals surface area contributed by atoms with Gasteiger partial charge in [0.15, 0.2) is 0 Å². The number of piperidine rings is 1. The summed E-state index contributed by atoms with van der Waals surface area (Å²) in [5, 5.41) is 0. The van der Waals surface area contributed by atoms with Gasteiger partial charge in [-0.25, -0.2) is 4.31 Å². The van der Waals surface area contributed by atoms with Crippen molar-refractivity contribution in [1.82, 2.24) is 9.21 Å². The molecule has 0 atom stereocenters. The third kappa shape index (κ3) is 2.01. The average Bonchev–Trinajstić information content (AvgIpc) is 2.33. The van der Waals surface area contributed by atoms with E-state index < -0.39 is 0 Å². The van der Waals surface area contributed by atoms with Crippen molar-refractivity contribution >= 4 is 11.9 Å². The van der Waals surface area contributed by atoms with E-state index in [9.17, 15) is 0 Å². The molecular formula is C14H20N2S. The molecule has 1 fully saturated rings. The first kappa shape index (κ1) is 11.6. The van der Waals surface area contributed by atoms with Crippen molar-refractivity contribution in [3.8, 4) is 0 Å². The van der Waals surface area contributed by atoms with Crippen LogP contribution >= 0.6 is 11.9 Å². The van der Waals surface area contributed by atoms with Gasteiger partial charge < -0.3 is 4.90 Å². The van der Waals surface area contributed by atoms with Crippen LogP contribution in [0.15, 0.2) is 29.2 Å². The Morgan fingerprint density at radius 1 is 1.12 bits per heavy atom. The van der Waals surface area contributed by atoms with Crippen LogP contribution in [0.3, 0.4) is 0 Å². The molecule has 3 heteroatoms. The Hall–Kier alpha value is -0.510. The molecule has 0 aromatic heterocycles. The van der Waals surface area contributed by atoms with E-state index >= 15 is 0 Å². The minimum absolute atomic E-state index is 0.406. The van der Waals surface area contributed by atoms with Crippen molar-refractivity contribution in [3.05, 3.63) is 29.8 Å². The van der Waals surface area contributed by atoms with Gasteiger partial charge in [0.1, 0.15) is 0 Å². The van der Waals surface area contributed by atoms with E-state index in [4.69, 9.17) is 0 Å². The predicted octanol–water partition coefficient (Wildman–Crippen LogP) is 2.60. The molecular weight excluding hydrogens is 228 g/mol. The van der Waals surface area contributed by atoms with Gasteiger partial charge in [0.25, 0.3) is 0 Å². The molecule has 1 aromatic carbocycles. The lowest BCUT2D eigenvalue weighted by atomic mass is 9.72. The Labute approximate surface area is 108 Å². The van der Waals surface area contributed by atoms with Gasteiger partial charge in [-0.05, 0) is 63.6 Å². The maximum absolute atomic E-state index is 2.45. The highest BCUT2D eigenvalue weighted by Crippen LogP contribution is 2.45. The number of benzene rings is 1. The van der Waals surface area contributed by atoms with Gasteiger partial charge in [-0.1, -0.05) is 18.2 Å². The second-order valence-corrected chi connectivity index (χ2v) is 6.70. The highest BCUT2D eigenvalue weighted by molar-refractivity contribution is 7.97. The fourth-order valence-electron chi connectivity index (χ4n) is 3.17. The molecule has 3 rings (SSSR count). The first-order valence-corrected chi connectivity index (χ1v) is 7.14. The van der Waals surface area contributed by atoms with Crippen molar-refractivity contribution in [2.24, 2.45) is 0 Å². The summed E-state index contributed by atoms with van der Waals surface area (Å²) < 4.78 is 2.41. The highest BCUT2D eigenvalue weighted by Gasteiger charge is 2.40. The zero-order chi connectivity index (χ0) is 11.9. The summed E-state index contributed by atoms with van der Waals surface area (Å²) in [6.07, 6.45) is 2.59. The molecule has 2 heterocycles. The minimum Gasteiger partial charge on any atom is -0.306 e. The zero-order valence-electron chi connectivity index (χ0n) is 10.6. The van der Waals surface area contributed by atoms with Crippen molar-refractivity contribution < 1.29 is 0 Å². The van der Waals surface area contributed by atoms with Crippen LogP contribution in [0.25, 0.3) is 0 Å². The van der Waals surface area contributed by atoms with Gasteiger partial charge in [0.05, 0.1) is 0 Å². The minimum atomic E-state index is 0.406. The van der Waals surface area contributed by atoms with Gasteiger partial charge in [-0.15, -0.1) is 0 Å². The molecule has 92 valence electrons. The van der Waals surface area contributed by atoms with Gasteiger partial charge >= 0.3 is 0 Å². The van der Waals surface area contributed by atoms with Crippen LogP contribution in [-0.4, -0.2) is 42.9 Å². The van der Waals surface area contributed by atoms with Crippen molar-refractivity contribution in [1.29, 1.82) is 0 Å². The number of nitrogens with zero attached hydrogens (tertiary/aromatic N) is 2. The number of likely N-dealkylation sites (tertiary alicyclic amines) is 1. The molecule has 0 bridgehead atoms. The van der Waals surface area contributed by atoms with Gasteiger partial charge in [0.2, 0.25) is 0 Å². The summed E-state index contributed by atoms with van der Waals surface area (Å²) in [6, 6.07) is 8.98. The van der Waals surface area contributed by atoms with Crippen LogP contribution in [0.1, 0.15) is 18.4 Å². The lowest BCUT2D eigenvalue weighted by Crippen LogP contribution is -2.48. The number of hydrogen-bond donors (Lipinski definition) is 0. The molecule has 0 saturated carbocycles. The first-order valence-electron chi connectivity index (χ1n) is 6.37. The van der Waals surface area contributed by atoms with E-state index in [0.29, 0.717) is 5.41 Å². The van der Waals surface area contributed by atoms with E-state index in [0.717, 1.165) is 0 Å². The van der Waals surface area contributed by atoms with E-state index in [1.807, 2.05) is 11.9 Å². The third-order valence-corrected chi connectivity index (χ3v) is 5.18. The summed E-state index contributed by atoms with van der Waals surface area (Å²) in [7, 11) is 4.46.